The van der Waals surface area contributed by atoms with Crippen molar-refractivity contribution in [3.63, 3.8) is 0 Å². The van der Waals surface area contributed by atoms with Crippen molar-refractivity contribution in [1.29, 1.82) is 0 Å². The molecule has 0 N–H and O–H groups in total. The van der Waals surface area contributed by atoms with E-state index < -0.39 is 0 Å². The summed E-state index contributed by atoms with van der Waals surface area (Å²) in [5.41, 5.74) is 0.847. The van der Waals surface area contributed by atoms with Gasteiger partial charge in [-0.2, -0.15) is 16.3 Å². The van der Waals surface area contributed by atoms with E-state index in [4.69, 9.17) is 9.26 Å². The molecule has 0 amide bonds. The van der Waals surface area contributed by atoms with Gasteiger partial charge in [-0.3, -0.25) is 0 Å². The fourth-order valence-corrected chi connectivity index (χ4v) is 2.73. The van der Waals surface area contributed by atoms with Gasteiger partial charge in [-0.15, -0.1) is 0 Å². The zero-order valence-electron chi connectivity index (χ0n) is 9.68. The van der Waals surface area contributed by atoms with Gasteiger partial charge in [0.1, 0.15) is 5.60 Å². The van der Waals surface area contributed by atoms with Gasteiger partial charge in [-0.1, -0.05) is 5.16 Å². The average Bonchev–Trinajstić information content (AvgIpc) is 3.00. The van der Waals surface area contributed by atoms with E-state index >= 15 is 0 Å². The third-order valence-electron chi connectivity index (χ3n) is 3.08. The van der Waals surface area contributed by atoms with Crippen molar-refractivity contribution in [3.8, 4) is 0 Å². The number of hydrogen-bond acceptors (Lipinski definition) is 5. The Morgan fingerprint density at radius 1 is 1.53 bits per heavy atom. The van der Waals surface area contributed by atoms with Crippen LogP contribution in [0.25, 0.3) is 0 Å². The zero-order valence-corrected chi connectivity index (χ0v) is 10.5. The molecule has 0 radical (unpaired) electrons. The predicted molar refractivity (Wildman–Crippen MR) is 64.0 cm³/mol. The van der Waals surface area contributed by atoms with E-state index in [-0.39, 0.29) is 5.60 Å². The molecule has 5 heteroatoms. The molecule has 2 aromatic rings. The van der Waals surface area contributed by atoms with Gasteiger partial charge in [-0.05, 0) is 42.2 Å². The lowest BCUT2D eigenvalue weighted by molar-refractivity contribution is -0.00937. The van der Waals surface area contributed by atoms with Crippen molar-refractivity contribution in [2.75, 3.05) is 6.61 Å². The summed E-state index contributed by atoms with van der Waals surface area (Å²) >= 11 is 1.68. The van der Waals surface area contributed by atoms with Gasteiger partial charge in [0, 0.05) is 13.0 Å². The van der Waals surface area contributed by atoms with Gasteiger partial charge in [-0.25, -0.2) is 0 Å². The fourth-order valence-electron chi connectivity index (χ4n) is 2.06. The first kappa shape index (κ1) is 10.9. The fraction of sp³-hybridized carbons (Fsp3) is 0.500. The molecule has 0 aromatic carbocycles. The van der Waals surface area contributed by atoms with Crippen molar-refractivity contribution >= 4 is 11.3 Å². The van der Waals surface area contributed by atoms with Crippen LogP contribution in [-0.2, 0) is 16.8 Å². The summed E-state index contributed by atoms with van der Waals surface area (Å²) in [4.78, 5) is 4.44. The summed E-state index contributed by atoms with van der Waals surface area (Å²) in [7, 11) is 0. The van der Waals surface area contributed by atoms with E-state index in [2.05, 4.69) is 27.0 Å². The summed E-state index contributed by atoms with van der Waals surface area (Å²) < 4.78 is 11.0. The second-order valence-corrected chi connectivity index (χ2v) is 5.29. The van der Waals surface area contributed by atoms with Crippen molar-refractivity contribution in [2.24, 2.45) is 0 Å². The Balaban J connectivity index is 1.78. The van der Waals surface area contributed by atoms with Gasteiger partial charge in [0.25, 0.3) is 5.89 Å². The quantitative estimate of drug-likeness (QED) is 0.840. The molecule has 90 valence electrons. The van der Waals surface area contributed by atoms with Crippen LogP contribution in [0.1, 0.15) is 37.0 Å². The SMILES string of the molecule is C[C@@]1(c2nc(Cc3ccsc3)no2)CCCO1. The van der Waals surface area contributed by atoms with E-state index in [0.717, 1.165) is 31.7 Å². The van der Waals surface area contributed by atoms with Crippen LogP contribution in [0.2, 0.25) is 0 Å². The molecule has 2 aromatic heterocycles. The van der Waals surface area contributed by atoms with E-state index in [0.29, 0.717) is 5.89 Å². The van der Waals surface area contributed by atoms with Crippen LogP contribution in [0, 0.1) is 0 Å². The number of aromatic nitrogens is 2. The van der Waals surface area contributed by atoms with Crippen LogP contribution in [-0.4, -0.2) is 16.7 Å². The van der Waals surface area contributed by atoms with E-state index in [1.165, 1.54) is 5.56 Å². The Labute approximate surface area is 104 Å². The molecule has 3 rings (SSSR count). The van der Waals surface area contributed by atoms with Crippen molar-refractivity contribution in [3.05, 3.63) is 34.1 Å². The normalized spacial score (nSPS) is 24.3. The molecule has 1 aliphatic heterocycles. The largest absolute Gasteiger partial charge is 0.365 e. The standard InChI is InChI=1S/C12H14N2O2S/c1-12(4-2-5-15-12)11-13-10(14-16-11)7-9-3-6-17-8-9/h3,6,8H,2,4-5,7H2,1H3/t12-/m0/s1. The average molecular weight is 250 g/mol. The van der Waals surface area contributed by atoms with Gasteiger partial charge in [0.2, 0.25) is 0 Å². The molecule has 0 aliphatic carbocycles. The maximum Gasteiger partial charge on any atom is 0.258 e. The summed E-state index contributed by atoms with van der Waals surface area (Å²) in [6.07, 6.45) is 2.73. The van der Waals surface area contributed by atoms with Crippen molar-refractivity contribution in [1.82, 2.24) is 10.1 Å². The van der Waals surface area contributed by atoms with Crippen LogP contribution in [0.4, 0.5) is 0 Å². The number of rotatable bonds is 3. The molecule has 17 heavy (non-hydrogen) atoms. The molecule has 1 fully saturated rings. The first-order valence-electron chi connectivity index (χ1n) is 5.74. The molecule has 1 aliphatic rings. The smallest absolute Gasteiger partial charge is 0.258 e. The Bertz CT molecular complexity index is 486. The van der Waals surface area contributed by atoms with E-state index in [9.17, 15) is 0 Å². The highest BCUT2D eigenvalue weighted by atomic mass is 32.1. The minimum atomic E-state index is -0.375. The highest BCUT2D eigenvalue weighted by molar-refractivity contribution is 7.07. The van der Waals surface area contributed by atoms with Gasteiger partial charge in [0.05, 0.1) is 0 Å². The number of ether oxygens (including phenoxy) is 1. The minimum Gasteiger partial charge on any atom is -0.365 e. The molecule has 1 atom stereocenters. The Hall–Kier alpha value is -1.20. The third-order valence-corrected chi connectivity index (χ3v) is 3.81. The second-order valence-electron chi connectivity index (χ2n) is 4.51. The van der Waals surface area contributed by atoms with Crippen molar-refractivity contribution in [2.45, 2.75) is 31.8 Å². The lowest BCUT2D eigenvalue weighted by Crippen LogP contribution is -2.20. The van der Waals surface area contributed by atoms with E-state index in [1.807, 2.05) is 6.92 Å². The van der Waals surface area contributed by atoms with Crippen LogP contribution >= 0.6 is 11.3 Å². The monoisotopic (exact) mass is 250 g/mol. The molecular weight excluding hydrogens is 236 g/mol. The van der Waals surface area contributed by atoms with Gasteiger partial charge < -0.3 is 9.26 Å². The third kappa shape index (κ3) is 2.12. The minimum absolute atomic E-state index is 0.375. The Morgan fingerprint density at radius 3 is 3.18 bits per heavy atom. The second kappa shape index (κ2) is 4.23. The molecule has 0 bridgehead atoms. The summed E-state index contributed by atoms with van der Waals surface area (Å²) in [6, 6.07) is 2.08. The molecule has 1 saturated heterocycles. The number of thiophene rings is 1. The lowest BCUT2D eigenvalue weighted by Gasteiger charge is -2.16. The Morgan fingerprint density at radius 2 is 2.47 bits per heavy atom. The van der Waals surface area contributed by atoms with Gasteiger partial charge >= 0.3 is 0 Å². The summed E-state index contributed by atoms with van der Waals surface area (Å²) in [5.74, 6) is 1.34. The van der Waals surface area contributed by atoms with Crippen LogP contribution in [0.5, 0.6) is 0 Å². The molecule has 0 spiro atoms. The van der Waals surface area contributed by atoms with Gasteiger partial charge in [0.15, 0.2) is 5.82 Å². The van der Waals surface area contributed by atoms with Crippen LogP contribution in [0.15, 0.2) is 21.3 Å². The number of hydrogen-bond donors (Lipinski definition) is 0. The van der Waals surface area contributed by atoms with E-state index in [1.54, 1.807) is 11.3 Å². The topological polar surface area (TPSA) is 48.2 Å². The first-order chi connectivity index (χ1) is 8.26. The highest BCUT2D eigenvalue weighted by Crippen LogP contribution is 2.34. The number of nitrogens with zero attached hydrogens (tertiary/aromatic N) is 2. The summed E-state index contributed by atoms with van der Waals surface area (Å²) in [5, 5.41) is 8.17. The summed E-state index contributed by atoms with van der Waals surface area (Å²) in [6.45, 7) is 2.79. The highest BCUT2D eigenvalue weighted by Gasteiger charge is 2.37. The van der Waals surface area contributed by atoms with Crippen LogP contribution < -0.4 is 0 Å². The molecular formula is C12H14N2O2S. The predicted octanol–water partition coefficient (Wildman–Crippen LogP) is 2.75. The first-order valence-corrected chi connectivity index (χ1v) is 6.69. The molecule has 0 saturated carbocycles. The maximum absolute atomic E-state index is 5.68. The van der Waals surface area contributed by atoms with Crippen molar-refractivity contribution < 1.29 is 9.26 Å². The van der Waals surface area contributed by atoms with Crippen LogP contribution in [0.3, 0.4) is 0 Å². The molecule has 0 unspecified atom stereocenters. The lowest BCUT2D eigenvalue weighted by atomic mass is 10.0. The zero-order chi connectivity index (χ0) is 11.7. The molecule has 3 heterocycles. The maximum atomic E-state index is 5.68. The molecule has 4 nitrogen and oxygen atoms in total. The Kier molecular flexibility index (Phi) is 2.72.